The molecule has 4 rings (SSSR count). The highest BCUT2D eigenvalue weighted by Crippen LogP contribution is 2.36. The van der Waals surface area contributed by atoms with Crippen molar-refractivity contribution in [3.05, 3.63) is 65.2 Å². The molecule has 0 bridgehead atoms. The lowest BCUT2D eigenvalue weighted by Crippen LogP contribution is -2.43. The van der Waals surface area contributed by atoms with E-state index in [1.807, 2.05) is 0 Å². The molecule has 0 spiro atoms. The van der Waals surface area contributed by atoms with Crippen molar-refractivity contribution in [1.82, 2.24) is 0 Å². The average molecular weight is 370 g/mol. The Morgan fingerprint density at radius 2 is 1.37 bits per heavy atom. The van der Waals surface area contributed by atoms with Gasteiger partial charge in [0.2, 0.25) is 0 Å². The highest BCUT2D eigenvalue weighted by Gasteiger charge is 2.30. The molecule has 0 atom stereocenters. The van der Waals surface area contributed by atoms with Gasteiger partial charge in [-0.2, -0.15) is 0 Å². The van der Waals surface area contributed by atoms with Crippen LogP contribution in [0.1, 0.15) is 55.6 Å². The first-order valence-electron chi connectivity index (χ1n) is 9.88. The summed E-state index contributed by atoms with van der Waals surface area (Å²) >= 11 is 0. The molecule has 142 valence electrons. The maximum atomic E-state index is 13.4. The Balaban J connectivity index is 1.36. The molecular weight excluding hydrogens is 345 g/mol. The van der Waals surface area contributed by atoms with Crippen molar-refractivity contribution in [1.29, 1.82) is 0 Å². The van der Waals surface area contributed by atoms with Gasteiger partial charge in [0.15, 0.2) is 11.6 Å². The Morgan fingerprint density at radius 3 is 1.96 bits per heavy atom. The highest BCUT2D eigenvalue weighted by molar-refractivity contribution is 6.61. The van der Waals surface area contributed by atoms with Crippen LogP contribution >= 0.6 is 0 Å². The van der Waals surface area contributed by atoms with Gasteiger partial charge in [-0.1, -0.05) is 50.1 Å². The lowest BCUT2D eigenvalue weighted by atomic mass is 9.76. The van der Waals surface area contributed by atoms with Crippen LogP contribution in [0.15, 0.2) is 42.5 Å². The van der Waals surface area contributed by atoms with Crippen LogP contribution in [0, 0.1) is 17.6 Å². The van der Waals surface area contributed by atoms with Gasteiger partial charge in [0.1, 0.15) is 0 Å². The van der Waals surface area contributed by atoms with Crippen molar-refractivity contribution < 1.29 is 18.1 Å². The van der Waals surface area contributed by atoms with Gasteiger partial charge in [0, 0.05) is 19.1 Å². The predicted octanol–water partition coefficient (Wildman–Crippen LogP) is 4.78. The van der Waals surface area contributed by atoms with Crippen LogP contribution in [0.4, 0.5) is 8.78 Å². The number of hydrogen-bond donors (Lipinski definition) is 0. The van der Waals surface area contributed by atoms with Crippen molar-refractivity contribution in [3.63, 3.8) is 0 Å². The number of hydrogen-bond acceptors (Lipinski definition) is 2. The first-order valence-corrected chi connectivity index (χ1v) is 9.88. The summed E-state index contributed by atoms with van der Waals surface area (Å²) < 4.78 is 38.0. The second kappa shape index (κ2) is 8.11. The largest absolute Gasteiger partial charge is 0.494 e. The molecule has 1 saturated carbocycles. The molecule has 2 aromatic rings. The standard InChI is InChI=1S/C22H25BF2O2/c1-15-2-4-16(5-3-15)17-6-8-18(9-7-17)19-13-26-23(27-14-19)20-10-11-21(24)22(25)12-20/h6-12,15-16,19H,2-5,13-14H2,1H3. The highest BCUT2D eigenvalue weighted by atomic mass is 19.2. The molecule has 5 heteroatoms. The van der Waals surface area contributed by atoms with Crippen molar-refractivity contribution in [2.45, 2.75) is 44.4 Å². The van der Waals surface area contributed by atoms with E-state index in [1.54, 1.807) is 0 Å². The van der Waals surface area contributed by atoms with E-state index in [1.165, 1.54) is 42.9 Å². The Kier molecular flexibility index (Phi) is 5.60. The first-order chi connectivity index (χ1) is 13.1. The second-order valence-corrected chi connectivity index (χ2v) is 7.99. The van der Waals surface area contributed by atoms with Crippen molar-refractivity contribution in [3.8, 4) is 0 Å². The number of benzene rings is 2. The van der Waals surface area contributed by atoms with Crippen LogP contribution < -0.4 is 5.46 Å². The van der Waals surface area contributed by atoms with Crippen molar-refractivity contribution >= 4 is 12.6 Å². The van der Waals surface area contributed by atoms with Gasteiger partial charge < -0.3 is 9.31 Å². The van der Waals surface area contributed by atoms with Crippen molar-refractivity contribution in [2.24, 2.45) is 5.92 Å². The fourth-order valence-corrected chi connectivity index (χ4v) is 4.18. The van der Waals surface area contributed by atoms with Crippen LogP contribution in [0.25, 0.3) is 0 Å². The van der Waals surface area contributed by atoms with E-state index in [9.17, 15) is 8.78 Å². The van der Waals surface area contributed by atoms with E-state index in [0.717, 1.165) is 18.1 Å². The maximum Gasteiger partial charge on any atom is 0.494 e. The fraction of sp³-hybridized carbons (Fsp3) is 0.455. The zero-order chi connectivity index (χ0) is 18.8. The van der Waals surface area contributed by atoms with Crippen LogP contribution in [0.2, 0.25) is 0 Å². The molecule has 2 aliphatic rings. The topological polar surface area (TPSA) is 18.5 Å². The van der Waals surface area contributed by atoms with Gasteiger partial charge in [0.05, 0.1) is 0 Å². The predicted molar refractivity (Wildman–Crippen MR) is 103 cm³/mol. The third kappa shape index (κ3) is 4.25. The van der Waals surface area contributed by atoms with Crippen LogP contribution in [0.5, 0.6) is 0 Å². The summed E-state index contributed by atoms with van der Waals surface area (Å²) in [4.78, 5) is 0. The number of rotatable bonds is 3. The zero-order valence-corrected chi connectivity index (χ0v) is 15.7. The van der Waals surface area contributed by atoms with Crippen LogP contribution in [-0.4, -0.2) is 20.3 Å². The van der Waals surface area contributed by atoms with E-state index >= 15 is 0 Å². The first kappa shape index (κ1) is 18.6. The Morgan fingerprint density at radius 1 is 0.778 bits per heavy atom. The van der Waals surface area contributed by atoms with E-state index < -0.39 is 18.8 Å². The second-order valence-electron chi connectivity index (χ2n) is 7.99. The summed E-state index contributed by atoms with van der Waals surface area (Å²) in [5, 5.41) is 0. The third-order valence-corrected chi connectivity index (χ3v) is 6.01. The molecule has 2 nitrogen and oxygen atoms in total. The van der Waals surface area contributed by atoms with E-state index in [4.69, 9.17) is 9.31 Å². The lowest BCUT2D eigenvalue weighted by molar-refractivity contribution is 0.121. The molecule has 0 aromatic heterocycles. The quantitative estimate of drug-likeness (QED) is 0.724. The molecule has 0 amide bonds. The molecule has 0 N–H and O–H groups in total. The number of halogens is 2. The summed E-state index contributed by atoms with van der Waals surface area (Å²) in [7, 11) is -0.639. The summed E-state index contributed by atoms with van der Waals surface area (Å²) in [6.07, 6.45) is 5.21. The SMILES string of the molecule is CC1CCC(c2ccc(C3COB(c4ccc(F)c(F)c4)OC3)cc2)CC1. The van der Waals surface area contributed by atoms with Crippen molar-refractivity contribution in [2.75, 3.05) is 13.2 Å². The maximum absolute atomic E-state index is 13.4. The Hall–Kier alpha value is -1.72. The minimum atomic E-state index is -0.880. The molecule has 0 unspecified atom stereocenters. The van der Waals surface area contributed by atoms with E-state index in [2.05, 4.69) is 31.2 Å². The summed E-state index contributed by atoms with van der Waals surface area (Å²) in [5.41, 5.74) is 3.14. The lowest BCUT2D eigenvalue weighted by Gasteiger charge is -2.29. The molecular formula is C22H25BF2O2. The molecule has 1 aliphatic carbocycles. The van der Waals surface area contributed by atoms with Gasteiger partial charge in [-0.3, -0.25) is 0 Å². The van der Waals surface area contributed by atoms with Gasteiger partial charge in [0.25, 0.3) is 0 Å². The molecule has 2 aromatic carbocycles. The van der Waals surface area contributed by atoms with Gasteiger partial charge >= 0.3 is 7.12 Å². The monoisotopic (exact) mass is 370 g/mol. The molecule has 27 heavy (non-hydrogen) atoms. The average Bonchev–Trinajstić information content (AvgIpc) is 2.71. The van der Waals surface area contributed by atoms with Gasteiger partial charge in [-0.15, -0.1) is 0 Å². The minimum Gasteiger partial charge on any atom is -0.407 e. The fourth-order valence-electron chi connectivity index (χ4n) is 4.18. The van der Waals surface area contributed by atoms with Gasteiger partial charge in [-0.05, 0) is 53.4 Å². The smallest absolute Gasteiger partial charge is 0.407 e. The molecule has 1 saturated heterocycles. The Labute approximate surface area is 160 Å². The normalized spacial score (nSPS) is 24.2. The molecule has 0 radical (unpaired) electrons. The zero-order valence-electron chi connectivity index (χ0n) is 15.7. The summed E-state index contributed by atoms with van der Waals surface area (Å²) in [5.74, 6) is -0.0344. The minimum absolute atomic E-state index is 0.159. The third-order valence-electron chi connectivity index (χ3n) is 6.01. The van der Waals surface area contributed by atoms with E-state index in [-0.39, 0.29) is 5.92 Å². The van der Waals surface area contributed by atoms with Crippen LogP contribution in [0.3, 0.4) is 0 Å². The Bertz CT molecular complexity index is 764. The van der Waals surface area contributed by atoms with Crippen LogP contribution in [-0.2, 0) is 9.31 Å². The molecule has 1 heterocycles. The van der Waals surface area contributed by atoms with Gasteiger partial charge in [-0.25, -0.2) is 8.78 Å². The summed E-state index contributed by atoms with van der Waals surface area (Å²) in [6, 6.07) is 12.6. The molecule has 1 aliphatic heterocycles. The summed E-state index contributed by atoms with van der Waals surface area (Å²) in [6.45, 7) is 3.35. The van der Waals surface area contributed by atoms with E-state index in [0.29, 0.717) is 24.6 Å². The molecule has 2 fully saturated rings.